The number of aliphatic hydroxyl groups is 1. The fraction of sp³-hybridized carbons (Fsp3) is 0.562. The van der Waals surface area contributed by atoms with E-state index < -0.39 is 0 Å². The molecule has 0 aliphatic carbocycles. The first-order chi connectivity index (χ1) is 9.74. The molecule has 1 aromatic carbocycles. The average Bonchev–Trinajstić information content (AvgIpc) is 2.62. The van der Waals surface area contributed by atoms with Crippen molar-refractivity contribution in [3.63, 3.8) is 0 Å². The van der Waals surface area contributed by atoms with Gasteiger partial charge in [-0.3, -0.25) is 4.79 Å². The average molecular weight is 276 g/mol. The summed E-state index contributed by atoms with van der Waals surface area (Å²) >= 11 is 0. The molecule has 1 aromatic rings. The minimum atomic E-state index is -0.143. The summed E-state index contributed by atoms with van der Waals surface area (Å²) in [6, 6.07) is 7.83. The third-order valence-electron chi connectivity index (χ3n) is 4.06. The fourth-order valence-corrected chi connectivity index (χ4v) is 2.65. The highest BCUT2D eigenvalue weighted by molar-refractivity contribution is 5.96. The van der Waals surface area contributed by atoms with E-state index in [1.807, 2.05) is 18.2 Å². The largest absolute Gasteiger partial charge is 0.396 e. The van der Waals surface area contributed by atoms with Gasteiger partial charge in [-0.15, -0.1) is 0 Å². The molecule has 1 aliphatic heterocycles. The van der Waals surface area contributed by atoms with E-state index in [1.54, 1.807) is 0 Å². The Kier molecular flexibility index (Phi) is 5.56. The maximum absolute atomic E-state index is 12.2. The lowest BCUT2D eigenvalue weighted by Crippen LogP contribution is -2.42. The molecular weight excluding hydrogens is 252 g/mol. The number of benzene rings is 1. The van der Waals surface area contributed by atoms with Crippen molar-refractivity contribution in [2.75, 3.05) is 18.5 Å². The van der Waals surface area contributed by atoms with Crippen molar-refractivity contribution in [3.05, 3.63) is 29.8 Å². The first-order valence-electron chi connectivity index (χ1n) is 7.47. The summed E-state index contributed by atoms with van der Waals surface area (Å²) in [6.07, 6.45) is 3.53. The molecule has 1 aliphatic rings. The van der Waals surface area contributed by atoms with Crippen LogP contribution in [0.15, 0.2) is 24.3 Å². The van der Waals surface area contributed by atoms with Crippen LogP contribution in [0.25, 0.3) is 0 Å². The zero-order valence-electron chi connectivity index (χ0n) is 12.1. The molecule has 0 saturated carbocycles. The van der Waals surface area contributed by atoms with Crippen LogP contribution < -0.4 is 10.6 Å². The first kappa shape index (κ1) is 15.0. The quantitative estimate of drug-likeness (QED) is 0.744. The zero-order valence-corrected chi connectivity index (χ0v) is 12.1. The van der Waals surface area contributed by atoms with Crippen LogP contribution in [0.3, 0.4) is 0 Å². The van der Waals surface area contributed by atoms with Crippen LogP contribution in [0, 0.1) is 5.92 Å². The Hall–Kier alpha value is -1.39. The summed E-state index contributed by atoms with van der Waals surface area (Å²) in [5.41, 5.74) is 2.14. The molecule has 2 atom stereocenters. The second-order valence-corrected chi connectivity index (χ2v) is 5.43. The molecule has 0 spiro atoms. The van der Waals surface area contributed by atoms with Crippen LogP contribution in [0.4, 0.5) is 5.69 Å². The number of fused-ring (bicyclic) bond motifs is 1. The number of aliphatic hydroxyl groups excluding tert-OH is 1. The van der Waals surface area contributed by atoms with Crippen LogP contribution >= 0.6 is 0 Å². The van der Waals surface area contributed by atoms with Crippen molar-refractivity contribution in [1.29, 1.82) is 0 Å². The molecule has 0 saturated heterocycles. The minimum absolute atomic E-state index is 0.0498. The van der Waals surface area contributed by atoms with E-state index in [0.29, 0.717) is 5.92 Å². The summed E-state index contributed by atoms with van der Waals surface area (Å²) in [5.74, 6) is 0.479. The van der Waals surface area contributed by atoms with Gasteiger partial charge in [-0.1, -0.05) is 31.5 Å². The second-order valence-electron chi connectivity index (χ2n) is 5.43. The summed E-state index contributed by atoms with van der Waals surface area (Å²) in [6.45, 7) is 3.11. The smallest absolute Gasteiger partial charge is 0.241 e. The van der Waals surface area contributed by atoms with Gasteiger partial charge in [0.2, 0.25) is 5.91 Å². The van der Waals surface area contributed by atoms with Crippen LogP contribution in [0.2, 0.25) is 0 Å². The van der Waals surface area contributed by atoms with Gasteiger partial charge >= 0.3 is 0 Å². The predicted molar refractivity (Wildman–Crippen MR) is 80.7 cm³/mol. The van der Waals surface area contributed by atoms with Gasteiger partial charge in [0.05, 0.1) is 6.04 Å². The summed E-state index contributed by atoms with van der Waals surface area (Å²) in [7, 11) is 0. The molecule has 1 heterocycles. The topological polar surface area (TPSA) is 61.4 Å². The van der Waals surface area contributed by atoms with Crippen molar-refractivity contribution >= 4 is 11.6 Å². The Balaban J connectivity index is 1.93. The van der Waals surface area contributed by atoms with Crippen LogP contribution in [-0.2, 0) is 11.2 Å². The van der Waals surface area contributed by atoms with E-state index in [0.717, 1.165) is 37.9 Å². The molecule has 1 amide bonds. The first-order valence-corrected chi connectivity index (χ1v) is 7.47. The van der Waals surface area contributed by atoms with Gasteiger partial charge in [-0.2, -0.15) is 0 Å². The van der Waals surface area contributed by atoms with Crippen molar-refractivity contribution in [3.8, 4) is 0 Å². The fourth-order valence-electron chi connectivity index (χ4n) is 2.65. The van der Waals surface area contributed by atoms with E-state index in [9.17, 15) is 4.79 Å². The molecule has 110 valence electrons. The minimum Gasteiger partial charge on any atom is -0.396 e. The number of hydrogen-bond donors (Lipinski definition) is 3. The number of carbonyl (C=O) groups is 1. The van der Waals surface area contributed by atoms with Gasteiger partial charge in [0.15, 0.2) is 0 Å². The van der Waals surface area contributed by atoms with Gasteiger partial charge in [-0.25, -0.2) is 0 Å². The van der Waals surface area contributed by atoms with E-state index in [2.05, 4.69) is 23.6 Å². The SMILES string of the molecule is CCC(CCO)CNC1CCc2ccccc2NC1=O. The van der Waals surface area contributed by atoms with E-state index >= 15 is 0 Å². The van der Waals surface area contributed by atoms with Crippen molar-refractivity contribution in [2.24, 2.45) is 5.92 Å². The number of hydrogen-bond acceptors (Lipinski definition) is 3. The summed E-state index contributed by atoms with van der Waals surface area (Å²) < 4.78 is 0. The number of rotatable bonds is 6. The van der Waals surface area contributed by atoms with E-state index in [4.69, 9.17) is 5.11 Å². The molecular formula is C16H24N2O2. The lowest BCUT2D eigenvalue weighted by Gasteiger charge is -2.19. The number of anilines is 1. The molecule has 3 N–H and O–H groups in total. The molecule has 0 bridgehead atoms. The highest BCUT2D eigenvalue weighted by Gasteiger charge is 2.23. The monoisotopic (exact) mass is 276 g/mol. The Labute approximate surface area is 120 Å². The zero-order chi connectivity index (χ0) is 14.4. The third kappa shape index (κ3) is 3.81. The van der Waals surface area contributed by atoms with Gasteiger partial charge in [0.1, 0.15) is 0 Å². The van der Waals surface area contributed by atoms with Gasteiger partial charge in [0.25, 0.3) is 0 Å². The number of amides is 1. The van der Waals surface area contributed by atoms with Gasteiger partial charge in [0, 0.05) is 12.3 Å². The Morgan fingerprint density at radius 2 is 2.25 bits per heavy atom. The van der Waals surface area contributed by atoms with Crippen molar-refractivity contribution in [1.82, 2.24) is 5.32 Å². The predicted octanol–water partition coefficient (Wildman–Crippen LogP) is 1.94. The lowest BCUT2D eigenvalue weighted by molar-refractivity contribution is -0.118. The Bertz CT molecular complexity index is 448. The molecule has 20 heavy (non-hydrogen) atoms. The van der Waals surface area contributed by atoms with Crippen molar-refractivity contribution in [2.45, 2.75) is 38.6 Å². The lowest BCUT2D eigenvalue weighted by atomic mass is 10.0. The molecule has 0 fully saturated rings. The highest BCUT2D eigenvalue weighted by Crippen LogP contribution is 2.21. The summed E-state index contributed by atoms with van der Waals surface area (Å²) in [4.78, 5) is 12.2. The number of nitrogens with one attached hydrogen (secondary N) is 2. The number of carbonyl (C=O) groups excluding carboxylic acids is 1. The highest BCUT2D eigenvalue weighted by atomic mass is 16.3. The molecule has 0 aromatic heterocycles. The summed E-state index contributed by atoms with van der Waals surface area (Å²) in [5, 5.41) is 15.4. The van der Waals surface area contributed by atoms with E-state index in [-0.39, 0.29) is 18.6 Å². The van der Waals surface area contributed by atoms with E-state index in [1.165, 1.54) is 5.56 Å². The van der Waals surface area contributed by atoms with Crippen LogP contribution in [-0.4, -0.2) is 30.2 Å². The number of para-hydroxylation sites is 1. The second kappa shape index (κ2) is 7.41. The third-order valence-corrected chi connectivity index (χ3v) is 4.06. The molecule has 2 unspecified atom stereocenters. The maximum atomic E-state index is 12.2. The standard InChI is InChI=1S/C16H24N2O2/c1-2-12(9-10-19)11-17-15-8-7-13-5-3-4-6-14(13)18-16(15)20/h3-6,12,15,17,19H,2,7-11H2,1H3,(H,18,20). The van der Waals surface area contributed by atoms with Crippen LogP contribution in [0.5, 0.6) is 0 Å². The maximum Gasteiger partial charge on any atom is 0.241 e. The molecule has 2 rings (SSSR count). The number of aryl methyl sites for hydroxylation is 1. The molecule has 4 heteroatoms. The van der Waals surface area contributed by atoms with Crippen LogP contribution in [0.1, 0.15) is 31.7 Å². The normalized spacial score (nSPS) is 19.9. The Morgan fingerprint density at radius 3 is 3.00 bits per heavy atom. The van der Waals surface area contributed by atoms with Gasteiger partial charge < -0.3 is 15.7 Å². The van der Waals surface area contributed by atoms with Crippen molar-refractivity contribution < 1.29 is 9.90 Å². The molecule has 4 nitrogen and oxygen atoms in total. The Morgan fingerprint density at radius 1 is 1.45 bits per heavy atom. The molecule has 0 radical (unpaired) electrons. The van der Waals surface area contributed by atoms with Gasteiger partial charge in [-0.05, 0) is 43.4 Å².